The van der Waals surface area contributed by atoms with E-state index < -0.39 is 57.5 Å². The SMILES string of the molecule is CCN1OCC(NC(=O)C2=CCC(C3=NOC(c4cc(Cl)c(F)c(Cl)c4)(C(F)(F)F)C3)C=C2C)C1=O. The third-order valence-corrected chi connectivity index (χ3v) is 6.86. The second-order valence-electron chi connectivity index (χ2n) is 8.59. The fourth-order valence-corrected chi connectivity index (χ4v) is 4.83. The van der Waals surface area contributed by atoms with Crippen LogP contribution in [0, 0.1) is 11.7 Å². The quantitative estimate of drug-likeness (QED) is 0.421. The Morgan fingerprint density at radius 3 is 2.53 bits per heavy atom. The van der Waals surface area contributed by atoms with Crippen LogP contribution < -0.4 is 5.32 Å². The summed E-state index contributed by atoms with van der Waals surface area (Å²) in [6, 6.07) is 0.831. The lowest BCUT2D eigenvalue weighted by molar-refractivity contribution is -0.275. The molecule has 0 radical (unpaired) electrons. The highest BCUT2D eigenvalue weighted by molar-refractivity contribution is 6.35. The summed E-state index contributed by atoms with van der Waals surface area (Å²) < 4.78 is 56.5. The molecular formula is C23H21Cl2F4N3O4. The third kappa shape index (κ3) is 4.59. The minimum absolute atomic E-state index is 0.0160. The molecule has 4 rings (SSSR count). The standard InChI is InChI=1S/C23H21Cl2F4N3O4/c1-3-32-21(34)18(10-35-32)30-20(33)14-5-4-12(6-11(14)2)17-9-22(36-31-17,23(27,28)29)13-7-15(24)19(26)16(25)8-13/h5-8,12,18H,3-4,9-10H2,1-2H3,(H,30,33). The van der Waals surface area contributed by atoms with E-state index in [0.29, 0.717) is 17.7 Å². The summed E-state index contributed by atoms with van der Waals surface area (Å²) in [5.74, 6) is -2.46. The number of likely N-dealkylation sites (N-methyl/N-ethyl adjacent to an activating group) is 1. The first kappa shape index (κ1) is 26.4. The van der Waals surface area contributed by atoms with Crippen LogP contribution in [-0.2, 0) is 24.9 Å². The summed E-state index contributed by atoms with van der Waals surface area (Å²) in [7, 11) is 0. The van der Waals surface area contributed by atoms with E-state index in [1.807, 2.05) is 0 Å². The predicted octanol–water partition coefficient (Wildman–Crippen LogP) is 4.84. The number of carbonyl (C=O) groups excluding carboxylic acids is 2. The summed E-state index contributed by atoms with van der Waals surface area (Å²) in [5, 5.41) is 6.37. The number of amides is 2. The fourth-order valence-electron chi connectivity index (χ4n) is 4.34. The van der Waals surface area contributed by atoms with Crippen molar-refractivity contribution >= 4 is 40.7 Å². The summed E-state index contributed by atoms with van der Waals surface area (Å²) in [6.45, 7) is 3.73. The van der Waals surface area contributed by atoms with Gasteiger partial charge in [0.1, 0.15) is 12.6 Å². The number of allylic oxidation sites excluding steroid dienone is 2. The molecule has 1 aromatic carbocycles. The van der Waals surface area contributed by atoms with E-state index in [4.69, 9.17) is 32.9 Å². The molecule has 194 valence electrons. The van der Waals surface area contributed by atoms with Crippen LogP contribution >= 0.6 is 23.2 Å². The van der Waals surface area contributed by atoms with Crippen molar-refractivity contribution in [3.63, 3.8) is 0 Å². The van der Waals surface area contributed by atoms with E-state index in [-0.39, 0.29) is 24.6 Å². The number of rotatable bonds is 5. The Balaban J connectivity index is 1.50. The first-order valence-corrected chi connectivity index (χ1v) is 11.7. The largest absolute Gasteiger partial charge is 0.435 e. The summed E-state index contributed by atoms with van der Waals surface area (Å²) in [4.78, 5) is 35.1. The van der Waals surface area contributed by atoms with Crippen LogP contribution in [0.3, 0.4) is 0 Å². The van der Waals surface area contributed by atoms with Crippen molar-refractivity contribution in [3.05, 3.63) is 56.9 Å². The maximum absolute atomic E-state index is 14.2. The Hall–Kier alpha value is -2.63. The maximum Gasteiger partial charge on any atom is 0.435 e. The van der Waals surface area contributed by atoms with Gasteiger partial charge in [-0.05, 0) is 38.0 Å². The Kier molecular flexibility index (Phi) is 7.11. The van der Waals surface area contributed by atoms with Gasteiger partial charge in [-0.25, -0.2) is 9.45 Å². The molecule has 1 aromatic rings. The van der Waals surface area contributed by atoms with Gasteiger partial charge in [-0.1, -0.05) is 40.5 Å². The molecule has 36 heavy (non-hydrogen) atoms. The highest BCUT2D eigenvalue weighted by Crippen LogP contribution is 2.50. The number of halogens is 6. The van der Waals surface area contributed by atoms with Gasteiger partial charge < -0.3 is 10.2 Å². The topological polar surface area (TPSA) is 80.2 Å². The van der Waals surface area contributed by atoms with Crippen LogP contribution in [-0.4, -0.2) is 48.0 Å². The molecule has 2 aliphatic heterocycles. The molecule has 0 saturated carbocycles. The van der Waals surface area contributed by atoms with Crippen LogP contribution in [0.2, 0.25) is 10.0 Å². The van der Waals surface area contributed by atoms with E-state index >= 15 is 0 Å². The smallest absolute Gasteiger partial charge is 0.374 e. The molecule has 0 aromatic heterocycles. The second kappa shape index (κ2) is 9.68. The molecule has 0 spiro atoms. The average molecular weight is 550 g/mol. The van der Waals surface area contributed by atoms with Gasteiger partial charge in [0.05, 0.1) is 15.8 Å². The number of alkyl halides is 3. The monoisotopic (exact) mass is 549 g/mol. The molecule has 2 amide bonds. The molecule has 1 saturated heterocycles. The molecule has 0 bridgehead atoms. The van der Waals surface area contributed by atoms with Gasteiger partial charge in [0.2, 0.25) is 0 Å². The second-order valence-corrected chi connectivity index (χ2v) is 9.41. The number of nitrogens with one attached hydrogen (secondary N) is 1. The number of hydrogen-bond donors (Lipinski definition) is 1. The lowest BCUT2D eigenvalue weighted by atomic mass is 9.81. The van der Waals surface area contributed by atoms with E-state index in [2.05, 4.69) is 10.5 Å². The van der Waals surface area contributed by atoms with Crippen molar-refractivity contribution in [3.8, 4) is 0 Å². The van der Waals surface area contributed by atoms with E-state index in [1.165, 1.54) is 0 Å². The maximum atomic E-state index is 14.2. The van der Waals surface area contributed by atoms with Gasteiger partial charge >= 0.3 is 6.18 Å². The van der Waals surface area contributed by atoms with Gasteiger partial charge in [0.15, 0.2) is 5.82 Å². The number of hydroxylamine groups is 2. The van der Waals surface area contributed by atoms with Gasteiger partial charge in [-0.2, -0.15) is 13.2 Å². The minimum atomic E-state index is -4.92. The molecule has 13 heteroatoms. The Morgan fingerprint density at radius 2 is 1.97 bits per heavy atom. The Morgan fingerprint density at radius 1 is 1.31 bits per heavy atom. The molecule has 3 atom stereocenters. The number of benzene rings is 1. The van der Waals surface area contributed by atoms with Crippen molar-refractivity contribution < 1.29 is 36.8 Å². The third-order valence-electron chi connectivity index (χ3n) is 6.31. The first-order valence-electron chi connectivity index (χ1n) is 11.0. The zero-order valence-electron chi connectivity index (χ0n) is 19.1. The van der Waals surface area contributed by atoms with Crippen molar-refractivity contribution in [2.45, 2.75) is 44.5 Å². The first-order chi connectivity index (χ1) is 16.9. The zero-order chi connectivity index (χ0) is 26.4. The van der Waals surface area contributed by atoms with Gasteiger partial charge in [0, 0.05) is 30.0 Å². The van der Waals surface area contributed by atoms with Crippen molar-refractivity contribution in [1.29, 1.82) is 0 Å². The van der Waals surface area contributed by atoms with Crippen molar-refractivity contribution in [2.24, 2.45) is 11.1 Å². The molecule has 3 aliphatic rings. The normalized spacial score (nSPS) is 26.4. The molecule has 1 aliphatic carbocycles. The van der Waals surface area contributed by atoms with Crippen LogP contribution in [0.5, 0.6) is 0 Å². The number of nitrogens with zero attached hydrogens (tertiary/aromatic N) is 2. The summed E-state index contributed by atoms with van der Waals surface area (Å²) in [5.41, 5.74) is -2.46. The molecule has 1 N–H and O–H groups in total. The molecule has 2 heterocycles. The number of oxime groups is 1. The van der Waals surface area contributed by atoms with E-state index in [1.54, 1.807) is 26.0 Å². The Labute approximate surface area is 213 Å². The Bertz CT molecular complexity index is 1180. The van der Waals surface area contributed by atoms with Crippen LogP contribution in [0.15, 0.2) is 40.6 Å². The summed E-state index contributed by atoms with van der Waals surface area (Å²) >= 11 is 11.5. The lowest BCUT2D eigenvalue weighted by Crippen LogP contribution is -2.43. The van der Waals surface area contributed by atoms with Crippen LogP contribution in [0.25, 0.3) is 0 Å². The van der Waals surface area contributed by atoms with Crippen LogP contribution in [0.1, 0.15) is 32.3 Å². The van der Waals surface area contributed by atoms with Crippen molar-refractivity contribution in [2.75, 3.05) is 13.2 Å². The predicted molar refractivity (Wildman–Crippen MR) is 123 cm³/mol. The van der Waals surface area contributed by atoms with Gasteiger partial charge in [0.25, 0.3) is 17.4 Å². The zero-order valence-corrected chi connectivity index (χ0v) is 20.6. The van der Waals surface area contributed by atoms with E-state index in [0.717, 1.165) is 17.2 Å². The summed E-state index contributed by atoms with van der Waals surface area (Å²) in [6.07, 6.45) is -2.20. The van der Waals surface area contributed by atoms with Crippen LogP contribution in [0.4, 0.5) is 17.6 Å². The van der Waals surface area contributed by atoms with Crippen molar-refractivity contribution in [1.82, 2.24) is 10.4 Å². The lowest BCUT2D eigenvalue weighted by Gasteiger charge is -2.30. The minimum Gasteiger partial charge on any atom is -0.374 e. The highest BCUT2D eigenvalue weighted by atomic mass is 35.5. The fraction of sp³-hybridized carbons (Fsp3) is 0.435. The molecule has 1 fully saturated rings. The molecule has 7 nitrogen and oxygen atoms in total. The number of hydrogen-bond acceptors (Lipinski definition) is 5. The van der Waals surface area contributed by atoms with E-state index in [9.17, 15) is 27.2 Å². The molecule has 3 unspecified atom stereocenters. The average Bonchev–Trinajstić information content (AvgIpc) is 3.42. The highest BCUT2D eigenvalue weighted by Gasteiger charge is 2.63. The molecular weight excluding hydrogens is 529 g/mol. The number of carbonyl (C=O) groups is 2. The van der Waals surface area contributed by atoms with Gasteiger partial charge in [-0.3, -0.25) is 14.4 Å². The van der Waals surface area contributed by atoms with Gasteiger partial charge in [-0.15, -0.1) is 0 Å².